The monoisotopic (exact) mass is 384 g/mol. The molecule has 5 nitrogen and oxygen atoms in total. The van der Waals surface area contributed by atoms with Gasteiger partial charge < -0.3 is 4.74 Å². The summed E-state index contributed by atoms with van der Waals surface area (Å²) in [5.41, 5.74) is 3.79. The molecule has 142 valence electrons. The Balaban J connectivity index is 1.80. The molecule has 3 rings (SSSR count). The molecule has 0 unspecified atom stereocenters. The van der Waals surface area contributed by atoms with Gasteiger partial charge in [-0.1, -0.05) is 36.4 Å². The molecule has 27 heavy (non-hydrogen) atoms. The van der Waals surface area contributed by atoms with Gasteiger partial charge >= 0.3 is 0 Å². The van der Waals surface area contributed by atoms with E-state index in [-0.39, 0.29) is 12.0 Å². The lowest BCUT2D eigenvalue weighted by molar-refractivity contribution is 0.0653. The molecule has 6 heteroatoms. The first-order valence-electron chi connectivity index (χ1n) is 9.10. The van der Waals surface area contributed by atoms with E-state index in [4.69, 9.17) is 10.00 Å². The van der Waals surface area contributed by atoms with Gasteiger partial charge in [0, 0.05) is 18.6 Å². The highest BCUT2D eigenvalue weighted by atomic mass is 32.2. The van der Waals surface area contributed by atoms with Crippen LogP contribution in [0.1, 0.15) is 37.3 Å². The molecule has 0 saturated carbocycles. The topological polar surface area (TPSA) is 79.2 Å². The van der Waals surface area contributed by atoms with E-state index in [0.29, 0.717) is 25.2 Å². The molecule has 0 amide bonds. The maximum absolute atomic E-state index is 12.3. The number of benzene rings is 2. The van der Waals surface area contributed by atoms with Crippen molar-refractivity contribution >= 4 is 10.0 Å². The van der Waals surface area contributed by atoms with Crippen LogP contribution in [-0.2, 0) is 14.8 Å². The Kier molecular flexibility index (Phi) is 5.95. The van der Waals surface area contributed by atoms with E-state index < -0.39 is 15.3 Å². The zero-order valence-corrected chi connectivity index (χ0v) is 16.4. The third kappa shape index (κ3) is 4.56. The highest BCUT2D eigenvalue weighted by Crippen LogP contribution is 2.29. The quantitative estimate of drug-likeness (QED) is 0.857. The molecule has 1 aliphatic rings. The van der Waals surface area contributed by atoms with Crippen LogP contribution in [0.3, 0.4) is 0 Å². The highest BCUT2D eigenvalue weighted by molar-refractivity contribution is 7.90. The molecule has 1 N–H and O–H groups in total. The van der Waals surface area contributed by atoms with Crippen LogP contribution < -0.4 is 4.72 Å². The first-order valence-corrected chi connectivity index (χ1v) is 10.6. The molecule has 0 radical (unpaired) electrons. The summed E-state index contributed by atoms with van der Waals surface area (Å²) in [5.74, 6) is -0.0118. The van der Waals surface area contributed by atoms with Crippen molar-refractivity contribution in [2.75, 3.05) is 13.2 Å². The molecule has 0 spiro atoms. The van der Waals surface area contributed by atoms with E-state index in [1.54, 1.807) is 26.0 Å². The second kappa shape index (κ2) is 8.22. The lowest BCUT2D eigenvalue weighted by Crippen LogP contribution is -2.46. The average molecular weight is 385 g/mol. The van der Waals surface area contributed by atoms with Gasteiger partial charge in [-0.05, 0) is 49.1 Å². The highest BCUT2D eigenvalue weighted by Gasteiger charge is 2.31. The van der Waals surface area contributed by atoms with E-state index in [0.717, 1.165) is 16.7 Å². The van der Waals surface area contributed by atoms with Gasteiger partial charge in [0.05, 0.1) is 23.5 Å². The normalized spacial score (nSPS) is 20.4. The molecule has 1 heterocycles. The largest absolute Gasteiger partial charge is 0.381 e. The Morgan fingerprint density at radius 2 is 1.67 bits per heavy atom. The minimum absolute atomic E-state index is 0.0118. The van der Waals surface area contributed by atoms with E-state index in [2.05, 4.69) is 10.8 Å². The third-order valence-corrected chi connectivity index (χ3v) is 6.85. The van der Waals surface area contributed by atoms with Crippen LogP contribution in [0.4, 0.5) is 0 Å². The van der Waals surface area contributed by atoms with Crippen LogP contribution in [0.15, 0.2) is 48.5 Å². The molecular formula is C21H24N2O3S. The van der Waals surface area contributed by atoms with Gasteiger partial charge in [-0.25, -0.2) is 13.1 Å². The van der Waals surface area contributed by atoms with Crippen molar-refractivity contribution < 1.29 is 13.2 Å². The van der Waals surface area contributed by atoms with Crippen molar-refractivity contribution in [1.29, 1.82) is 5.26 Å². The Labute approximate surface area is 161 Å². The fraction of sp³-hybridized carbons (Fsp3) is 0.381. The van der Waals surface area contributed by atoms with E-state index in [9.17, 15) is 8.42 Å². The zero-order chi connectivity index (χ0) is 19.4. The number of hydrogen-bond acceptors (Lipinski definition) is 4. The van der Waals surface area contributed by atoms with Crippen molar-refractivity contribution in [3.8, 4) is 17.2 Å². The number of sulfonamides is 1. The van der Waals surface area contributed by atoms with Crippen molar-refractivity contribution in [2.24, 2.45) is 0 Å². The Morgan fingerprint density at radius 1 is 1.07 bits per heavy atom. The minimum Gasteiger partial charge on any atom is -0.381 e. The van der Waals surface area contributed by atoms with Crippen molar-refractivity contribution in [3.05, 3.63) is 59.7 Å². The van der Waals surface area contributed by atoms with Crippen molar-refractivity contribution in [3.63, 3.8) is 0 Å². The molecule has 0 bridgehead atoms. The number of rotatable bonds is 5. The summed E-state index contributed by atoms with van der Waals surface area (Å²) in [6, 6.07) is 17.5. The summed E-state index contributed by atoms with van der Waals surface area (Å²) in [4.78, 5) is 0. The Hall–Kier alpha value is -2.20. The standard InChI is InChI=1S/C21H24N2O3S/c1-15(2)27(24,25)23-21-11-12-26-14-20(21)19-9-7-18(8-10-19)17-5-3-16(13-22)4-6-17/h3-10,15,20-21,23H,11-12,14H2,1-2H3/t20-,21+/m1/s1. The van der Waals surface area contributed by atoms with Crippen LogP contribution in [0, 0.1) is 11.3 Å². The molecule has 1 saturated heterocycles. The van der Waals surface area contributed by atoms with Crippen LogP contribution in [0.25, 0.3) is 11.1 Å². The fourth-order valence-electron chi connectivity index (χ4n) is 3.21. The number of ether oxygens (including phenoxy) is 1. The zero-order valence-electron chi connectivity index (χ0n) is 15.6. The number of nitrogens with zero attached hydrogens (tertiary/aromatic N) is 1. The van der Waals surface area contributed by atoms with Gasteiger partial charge in [0.25, 0.3) is 0 Å². The summed E-state index contributed by atoms with van der Waals surface area (Å²) >= 11 is 0. The van der Waals surface area contributed by atoms with E-state index in [1.165, 1.54) is 0 Å². The van der Waals surface area contributed by atoms with Gasteiger partial charge in [-0.15, -0.1) is 0 Å². The summed E-state index contributed by atoms with van der Waals surface area (Å²) in [6.45, 7) is 4.43. The van der Waals surface area contributed by atoms with Crippen LogP contribution in [-0.4, -0.2) is 32.9 Å². The summed E-state index contributed by atoms with van der Waals surface area (Å²) in [6.07, 6.45) is 0.661. The van der Waals surface area contributed by atoms with Gasteiger partial charge in [0.1, 0.15) is 0 Å². The molecule has 1 fully saturated rings. The van der Waals surface area contributed by atoms with E-state index in [1.807, 2.05) is 36.4 Å². The molecule has 0 aliphatic carbocycles. The maximum atomic E-state index is 12.3. The lowest BCUT2D eigenvalue weighted by atomic mass is 9.88. The fourth-order valence-corrected chi connectivity index (χ4v) is 4.19. The first kappa shape index (κ1) is 19.6. The predicted octanol–water partition coefficient (Wildman–Crippen LogP) is 3.43. The molecular weight excluding hydrogens is 360 g/mol. The SMILES string of the molecule is CC(C)S(=O)(=O)N[C@H]1CCOC[C@@H]1c1ccc(-c2ccc(C#N)cc2)cc1. The minimum atomic E-state index is -3.33. The lowest BCUT2D eigenvalue weighted by Gasteiger charge is -2.33. The molecule has 2 aromatic carbocycles. The molecule has 0 aromatic heterocycles. The Morgan fingerprint density at radius 3 is 2.22 bits per heavy atom. The van der Waals surface area contributed by atoms with Crippen molar-refractivity contribution in [1.82, 2.24) is 4.72 Å². The van der Waals surface area contributed by atoms with Gasteiger partial charge in [0.2, 0.25) is 10.0 Å². The third-order valence-electron chi connectivity index (χ3n) is 4.98. The summed E-state index contributed by atoms with van der Waals surface area (Å²) in [7, 11) is -3.33. The van der Waals surface area contributed by atoms with E-state index >= 15 is 0 Å². The molecule has 1 aliphatic heterocycles. The van der Waals surface area contributed by atoms with Crippen LogP contribution in [0.5, 0.6) is 0 Å². The molecule has 2 aromatic rings. The summed E-state index contributed by atoms with van der Waals surface area (Å²) < 4.78 is 33.1. The van der Waals surface area contributed by atoms with Gasteiger partial charge in [-0.2, -0.15) is 5.26 Å². The molecule has 2 atom stereocenters. The average Bonchev–Trinajstić information content (AvgIpc) is 2.68. The number of nitriles is 1. The second-order valence-corrected chi connectivity index (χ2v) is 9.37. The number of nitrogens with one attached hydrogen (secondary N) is 1. The van der Waals surface area contributed by atoms with Crippen LogP contribution >= 0.6 is 0 Å². The summed E-state index contributed by atoms with van der Waals surface area (Å²) in [5, 5.41) is 8.45. The number of hydrogen-bond donors (Lipinski definition) is 1. The van der Waals surface area contributed by atoms with Gasteiger partial charge in [0.15, 0.2) is 0 Å². The van der Waals surface area contributed by atoms with Gasteiger partial charge in [-0.3, -0.25) is 0 Å². The van der Waals surface area contributed by atoms with Crippen LogP contribution in [0.2, 0.25) is 0 Å². The smallest absolute Gasteiger partial charge is 0.214 e. The van der Waals surface area contributed by atoms with Crippen molar-refractivity contribution in [2.45, 2.75) is 37.5 Å². The maximum Gasteiger partial charge on any atom is 0.214 e. The first-order chi connectivity index (χ1) is 12.9. The predicted molar refractivity (Wildman–Crippen MR) is 106 cm³/mol. The second-order valence-electron chi connectivity index (χ2n) is 7.10. The Bertz CT molecular complexity index is 913.